The van der Waals surface area contributed by atoms with E-state index in [0.717, 1.165) is 36.1 Å². The van der Waals surface area contributed by atoms with Gasteiger partial charge in [-0.1, -0.05) is 0 Å². The van der Waals surface area contributed by atoms with Gasteiger partial charge in [0.25, 0.3) is 0 Å². The molecule has 0 radical (unpaired) electrons. The topological polar surface area (TPSA) is 37.8 Å². The van der Waals surface area contributed by atoms with E-state index < -0.39 is 0 Å². The Bertz CT molecular complexity index is 735. The van der Waals surface area contributed by atoms with Gasteiger partial charge in [-0.25, -0.2) is 0 Å². The van der Waals surface area contributed by atoms with Gasteiger partial charge in [0, 0.05) is 39.1 Å². The molecule has 0 spiro atoms. The zero-order valence-electron chi connectivity index (χ0n) is 11.7. The summed E-state index contributed by atoms with van der Waals surface area (Å²) >= 11 is 6.75. The number of pyridine rings is 1. The van der Waals surface area contributed by atoms with E-state index in [9.17, 15) is 0 Å². The summed E-state index contributed by atoms with van der Waals surface area (Å²) in [6.45, 7) is 3.08. The highest BCUT2D eigenvalue weighted by Crippen LogP contribution is 2.29. The van der Waals surface area contributed by atoms with Gasteiger partial charge in [-0.3, -0.25) is 4.98 Å². The Morgan fingerprint density at radius 1 is 1.29 bits per heavy atom. The first kappa shape index (κ1) is 14.9. The molecule has 0 fully saturated rings. The zero-order chi connectivity index (χ0) is 14.7. The summed E-state index contributed by atoms with van der Waals surface area (Å²) < 4.78 is 6.78. The molecule has 0 bridgehead atoms. The van der Waals surface area contributed by atoms with Crippen molar-refractivity contribution in [3.63, 3.8) is 0 Å². The molecule has 0 atom stereocenters. The number of hydrogen-bond acceptors (Lipinski definition) is 5. The third-order valence-electron chi connectivity index (χ3n) is 3.40. The number of aromatic nitrogens is 2. The van der Waals surface area contributed by atoms with Crippen molar-refractivity contribution >= 4 is 54.7 Å². The molecule has 0 saturated carbocycles. The minimum Gasteiger partial charge on any atom is -0.369 e. The van der Waals surface area contributed by atoms with Crippen LogP contribution in [0.5, 0.6) is 0 Å². The monoisotopic (exact) mass is 381 g/mol. The number of halogens is 1. The van der Waals surface area contributed by atoms with Gasteiger partial charge in [0.2, 0.25) is 0 Å². The number of rotatable bonds is 6. The van der Waals surface area contributed by atoms with Crippen LogP contribution in [0, 0.1) is 6.92 Å². The van der Waals surface area contributed by atoms with E-state index in [1.165, 1.54) is 21.3 Å². The van der Waals surface area contributed by atoms with Gasteiger partial charge in [-0.15, -0.1) is 0 Å². The standard InChI is InChI=1S/C15H16BrN3S2/c1-10-6-11(16)7-18-13(10)4-2-3-5-17-15-12-8-20-9-14(12)21-19-15/h6-9H,2-5H2,1H3,(H,17,19). The molecule has 0 aliphatic carbocycles. The zero-order valence-corrected chi connectivity index (χ0v) is 14.9. The van der Waals surface area contributed by atoms with Gasteiger partial charge >= 0.3 is 0 Å². The van der Waals surface area contributed by atoms with Gasteiger partial charge < -0.3 is 5.32 Å². The summed E-state index contributed by atoms with van der Waals surface area (Å²) in [5.41, 5.74) is 2.46. The lowest BCUT2D eigenvalue weighted by molar-refractivity contribution is 0.744. The Balaban J connectivity index is 1.45. The third kappa shape index (κ3) is 3.62. The number of thiophene rings is 1. The van der Waals surface area contributed by atoms with Crippen molar-refractivity contribution in [1.29, 1.82) is 0 Å². The average molecular weight is 382 g/mol. The van der Waals surface area contributed by atoms with Crippen LogP contribution < -0.4 is 5.32 Å². The minimum absolute atomic E-state index is 0.963. The quantitative estimate of drug-likeness (QED) is 0.591. The van der Waals surface area contributed by atoms with Crippen LogP contribution in [0.3, 0.4) is 0 Å². The lowest BCUT2D eigenvalue weighted by Crippen LogP contribution is -2.03. The Kier molecular flexibility index (Phi) is 4.87. The lowest BCUT2D eigenvalue weighted by Gasteiger charge is -2.06. The van der Waals surface area contributed by atoms with Crippen LogP contribution in [0.25, 0.3) is 10.1 Å². The smallest absolute Gasteiger partial charge is 0.148 e. The van der Waals surface area contributed by atoms with Crippen molar-refractivity contribution < 1.29 is 0 Å². The van der Waals surface area contributed by atoms with Crippen molar-refractivity contribution in [2.75, 3.05) is 11.9 Å². The number of nitrogens with one attached hydrogen (secondary N) is 1. The van der Waals surface area contributed by atoms with Crippen molar-refractivity contribution in [3.05, 3.63) is 38.8 Å². The molecule has 3 heterocycles. The maximum Gasteiger partial charge on any atom is 0.148 e. The Labute approximate surface area is 140 Å². The van der Waals surface area contributed by atoms with Crippen LogP contribution in [0.1, 0.15) is 24.1 Å². The van der Waals surface area contributed by atoms with E-state index >= 15 is 0 Å². The van der Waals surface area contributed by atoms with Crippen LogP contribution in [0.4, 0.5) is 5.82 Å². The maximum atomic E-state index is 4.48. The summed E-state index contributed by atoms with van der Waals surface area (Å²) in [4.78, 5) is 4.48. The Hall–Kier alpha value is -0.980. The normalized spacial score (nSPS) is 11.1. The summed E-state index contributed by atoms with van der Waals surface area (Å²) in [5.74, 6) is 1.04. The van der Waals surface area contributed by atoms with E-state index in [1.807, 2.05) is 6.20 Å². The molecule has 3 aromatic heterocycles. The second-order valence-electron chi connectivity index (χ2n) is 4.98. The highest BCUT2D eigenvalue weighted by Gasteiger charge is 2.06. The summed E-state index contributed by atoms with van der Waals surface area (Å²) in [5, 5.41) is 9.02. The Morgan fingerprint density at radius 3 is 3.05 bits per heavy atom. The van der Waals surface area contributed by atoms with Gasteiger partial charge in [0.1, 0.15) is 5.82 Å². The highest BCUT2D eigenvalue weighted by molar-refractivity contribution is 9.10. The third-order valence-corrected chi connectivity index (χ3v) is 5.54. The average Bonchev–Trinajstić information content (AvgIpc) is 3.04. The minimum atomic E-state index is 0.963. The van der Waals surface area contributed by atoms with Crippen LogP contribution in [-0.2, 0) is 6.42 Å². The predicted molar refractivity (Wildman–Crippen MR) is 95.6 cm³/mol. The van der Waals surface area contributed by atoms with E-state index in [2.05, 4.69) is 54.4 Å². The summed E-state index contributed by atoms with van der Waals surface area (Å²) in [6, 6.07) is 2.13. The molecule has 0 aromatic carbocycles. The van der Waals surface area contributed by atoms with Crippen molar-refractivity contribution in [2.24, 2.45) is 0 Å². The van der Waals surface area contributed by atoms with E-state index in [-0.39, 0.29) is 0 Å². The lowest BCUT2D eigenvalue weighted by atomic mass is 10.1. The second-order valence-corrected chi connectivity index (χ2v) is 7.45. The molecule has 3 rings (SSSR count). The van der Waals surface area contributed by atoms with Crippen LogP contribution in [0.15, 0.2) is 27.5 Å². The van der Waals surface area contributed by atoms with Crippen molar-refractivity contribution in [3.8, 4) is 0 Å². The maximum absolute atomic E-state index is 4.48. The molecule has 1 N–H and O–H groups in total. The fourth-order valence-electron chi connectivity index (χ4n) is 2.25. The van der Waals surface area contributed by atoms with Gasteiger partial charge in [-0.2, -0.15) is 15.7 Å². The summed E-state index contributed by atoms with van der Waals surface area (Å²) in [6.07, 6.45) is 5.18. The molecule has 0 unspecified atom stereocenters. The number of hydrogen-bond donors (Lipinski definition) is 1. The van der Waals surface area contributed by atoms with E-state index in [4.69, 9.17) is 0 Å². The molecule has 0 saturated heterocycles. The molecule has 3 aromatic rings. The molecule has 0 aliphatic rings. The second kappa shape index (κ2) is 6.85. The van der Waals surface area contributed by atoms with Crippen molar-refractivity contribution in [2.45, 2.75) is 26.2 Å². The van der Waals surface area contributed by atoms with Crippen LogP contribution in [0.2, 0.25) is 0 Å². The molecule has 0 aliphatic heterocycles. The molecule has 3 nitrogen and oxygen atoms in total. The van der Waals surface area contributed by atoms with Gasteiger partial charge in [0.15, 0.2) is 0 Å². The van der Waals surface area contributed by atoms with Crippen molar-refractivity contribution in [1.82, 2.24) is 9.36 Å². The number of aryl methyl sites for hydroxylation is 2. The molecule has 6 heteroatoms. The van der Waals surface area contributed by atoms with Crippen LogP contribution >= 0.6 is 38.8 Å². The first-order chi connectivity index (χ1) is 10.2. The number of nitrogens with zero attached hydrogens (tertiary/aromatic N) is 2. The molecular formula is C15H16BrN3S2. The van der Waals surface area contributed by atoms with E-state index in [1.54, 1.807) is 22.9 Å². The predicted octanol–water partition coefficient (Wildman–Crippen LogP) is 5.26. The Morgan fingerprint density at radius 2 is 2.19 bits per heavy atom. The molecule has 21 heavy (non-hydrogen) atoms. The summed E-state index contributed by atoms with van der Waals surface area (Å²) in [7, 11) is 0. The molecule has 110 valence electrons. The fourth-order valence-corrected chi connectivity index (χ4v) is 4.41. The first-order valence-electron chi connectivity index (χ1n) is 6.90. The molecule has 0 amide bonds. The number of anilines is 1. The van der Waals surface area contributed by atoms with E-state index in [0.29, 0.717) is 0 Å². The van der Waals surface area contributed by atoms with Gasteiger partial charge in [-0.05, 0) is 65.3 Å². The SMILES string of the molecule is Cc1cc(Br)cnc1CCCCNc1nsc2cscc12. The van der Waals surface area contributed by atoms with Crippen LogP contribution in [-0.4, -0.2) is 15.9 Å². The van der Waals surface area contributed by atoms with Gasteiger partial charge in [0.05, 0.1) is 4.70 Å². The highest BCUT2D eigenvalue weighted by atomic mass is 79.9. The number of fused-ring (bicyclic) bond motifs is 1. The number of unbranched alkanes of at least 4 members (excludes halogenated alkanes) is 1. The largest absolute Gasteiger partial charge is 0.369 e. The fraction of sp³-hybridized carbons (Fsp3) is 0.333. The molecular weight excluding hydrogens is 366 g/mol. The first-order valence-corrected chi connectivity index (χ1v) is 9.41.